The van der Waals surface area contributed by atoms with Crippen LogP contribution >= 0.6 is 23.2 Å². The van der Waals surface area contributed by atoms with E-state index in [1.807, 2.05) is 0 Å². The van der Waals surface area contributed by atoms with Gasteiger partial charge in [0.15, 0.2) is 9.84 Å². The van der Waals surface area contributed by atoms with Crippen molar-refractivity contribution in [2.45, 2.75) is 18.1 Å². The minimum Gasteiger partial charge on any atom is -0.326 e. The first-order chi connectivity index (χ1) is 9.89. The minimum atomic E-state index is -3.30. The first-order valence-electron chi connectivity index (χ1n) is 6.32. The summed E-state index contributed by atoms with van der Waals surface area (Å²) in [6.07, 6.45) is 0. The van der Waals surface area contributed by atoms with Crippen molar-refractivity contribution in [1.29, 1.82) is 0 Å². The van der Waals surface area contributed by atoms with Crippen LogP contribution in [-0.4, -0.2) is 8.42 Å². The van der Waals surface area contributed by atoms with E-state index >= 15 is 0 Å². The lowest BCUT2D eigenvalue weighted by Crippen LogP contribution is -2.08. The largest absolute Gasteiger partial charge is 0.326 e. The summed E-state index contributed by atoms with van der Waals surface area (Å²) in [7, 11) is -3.30. The highest BCUT2D eigenvalue weighted by Crippen LogP contribution is 2.22. The van der Waals surface area contributed by atoms with Gasteiger partial charge < -0.3 is 5.73 Å². The van der Waals surface area contributed by atoms with Crippen LogP contribution < -0.4 is 5.73 Å². The summed E-state index contributed by atoms with van der Waals surface area (Å²) in [5.41, 5.74) is 7.69. The second kappa shape index (κ2) is 6.79. The Labute approximate surface area is 134 Å². The summed E-state index contributed by atoms with van der Waals surface area (Å²) >= 11 is 11.9. The Morgan fingerprint density at radius 1 is 0.905 bits per heavy atom. The fourth-order valence-electron chi connectivity index (χ4n) is 1.96. The van der Waals surface area contributed by atoms with E-state index in [4.69, 9.17) is 28.9 Å². The third-order valence-electron chi connectivity index (χ3n) is 3.03. The summed E-state index contributed by atoms with van der Waals surface area (Å²) in [5, 5.41) is 1.01. The molecule has 0 aliphatic heterocycles. The lowest BCUT2D eigenvalue weighted by Gasteiger charge is -2.08. The molecule has 2 N–H and O–H groups in total. The Morgan fingerprint density at radius 3 is 2.10 bits per heavy atom. The van der Waals surface area contributed by atoms with Crippen LogP contribution in [0.4, 0.5) is 0 Å². The number of sulfone groups is 1. The summed E-state index contributed by atoms with van der Waals surface area (Å²) in [6, 6.07) is 12.0. The molecule has 0 saturated heterocycles. The van der Waals surface area contributed by atoms with Gasteiger partial charge in [-0.05, 0) is 34.9 Å². The Balaban J connectivity index is 2.15. The van der Waals surface area contributed by atoms with Gasteiger partial charge in [-0.15, -0.1) is 0 Å². The van der Waals surface area contributed by atoms with Crippen molar-refractivity contribution < 1.29 is 8.42 Å². The molecule has 0 aliphatic carbocycles. The van der Waals surface area contributed by atoms with Crippen LogP contribution in [0.1, 0.15) is 16.7 Å². The molecular weight excluding hydrogens is 329 g/mol. The van der Waals surface area contributed by atoms with E-state index < -0.39 is 9.84 Å². The van der Waals surface area contributed by atoms with Crippen molar-refractivity contribution in [3.05, 3.63) is 69.2 Å². The molecule has 0 atom stereocenters. The molecule has 0 radical (unpaired) electrons. The monoisotopic (exact) mass is 343 g/mol. The first-order valence-corrected chi connectivity index (χ1v) is 8.89. The number of hydrogen-bond acceptors (Lipinski definition) is 3. The summed E-state index contributed by atoms with van der Waals surface area (Å²) in [5.74, 6) is -0.140. The first kappa shape index (κ1) is 16.3. The normalized spacial score (nSPS) is 11.6. The van der Waals surface area contributed by atoms with Crippen molar-refractivity contribution in [1.82, 2.24) is 0 Å². The Morgan fingerprint density at radius 2 is 1.52 bits per heavy atom. The zero-order valence-corrected chi connectivity index (χ0v) is 13.5. The van der Waals surface area contributed by atoms with Crippen molar-refractivity contribution in [3.63, 3.8) is 0 Å². The van der Waals surface area contributed by atoms with Gasteiger partial charge in [-0.25, -0.2) is 8.42 Å². The summed E-state index contributed by atoms with van der Waals surface area (Å²) < 4.78 is 24.5. The van der Waals surface area contributed by atoms with E-state index in [9.17, 15) is 8.42 Å². The molecule has 6 heteroatoms. The van der Waals surface area contributed by atoms with Gasteiger partial charge in [-0.1, -0.05) is 47.5 Å². The molecule has 2 aromatic rings. The maximum atomic E-state index is 12.2. The van der Waals surface area contributed by atoms with Gasteiger partial charge in [-0.3, -0.25) is 0 Å². The lowest BCUT2D eigenvalue weighted by atomic mass is 10.1. The van der Waals surface area contributed by atoms with Crippen LogP contribution in [0.3, 0.4) is 0 Å². The van der Waals surface area contributed by atoms with Gasteiger partial charge >= 0.3 is 0 Å². The van der Waals surface area contributed by atoms with Crippen LogP contribution in [0.5, 0.6) is 0 Å². The molecule has 2 aromatic carbocycles. The Hall–Kier alpha value is -1.07. The molecule has 3 nitrogen and oxygen atoms in total. The molecule has 21 heavy (non-hydrogen) atoms. The number of benzene rings is 2. The van der Waals surface area contributed by atoms with Crippen molar-refractivity contribution >= 4 is 33.0 Å². The van der Waals surface area contributed by atoms with Gasteiger partial charge in [-0.2, -0.15) is 0 Å². The van der Waals surface area contributed by atoms with Crippen LogP contribution in [0.25, 0.3) is 0 Å². The van der Waals surface area contributed by atoms with Gasteiger partial charge in [0.2, 0.25) is 0 Å². The summed E-state index contributed by atoms with van der Waals surface area (Å²) in [4.78, 5) is 0. The van der Waals surface area contributed by atoms with Gasteiger partial charge in [0.05, 0.1) is 11.5 Å². The highest BCUT2D eigenvalue weighted by molar-refractivity contribution is 7.89. The molecular formula is C15H15Cl2NO2S. The zero-order valence-electron chi connectivity index (χ0n) is 11.2. The average molecular weight is 344 g/mol. The van der Waals surface area contributed by atoms with Crippen molar-refractivity contribution in [2.24, 2.45) is 5.73 Å². The minimum absolute atomic E-state index is 0.0425. The van der Waals surface area contributed by atoms with E-state index in [0.717, 1.165) is 5.56 Å². The molecule has 0 amide bonds. The fourth-order valence-corrected chi connectivity index (χ4v) is 3.96. The molecule has 0 saturated carbocycles. The van der Waals surface area contributed by atoms with Gasteiger partial charge in [0, 0.05) is 16.6 Å². The Bertz CT molecular complexity index is 728. The number of rotatable bonds is 5. The maximum absolute atomic E-state index is 12.2. The summed E-state index contributed by atoms with van der Waals surface area (Å²) in [6.45, 7) is 0.373. The van der Waals surface area contributed by atoms with Crippen molar-refractivity contribution in [3.8, 4) is 0 Å². The third kappa shape index (κ3) is 4.71. The van der Waals surface area contributed by atoms with Gasteiger partial charge in [0.25, 0.3) is 0 Å². The SMILES string of the molecule is NCc1ccc(CS(=O)(=O)Cc2ccc(Cl)cc2)c(Cl)c1. The van der Waals surface area contributed by atoms with E-state index in [1.54, 1.807) is 42.5 Å². The van der Waals surface area contributed by atoms with E-state index in [-0.39, 0.29) is 11.5 Å². The number of hydrogen-bond donors (Lipinski definition) is 1. The molecule has 112 valence electrons. The lowest BCUT2D eigenvalue weighted by molar-refractivity contribution is 0.594. The van der Waals surface area contributed by atoms with Crippen LogP contribution in [0.2, 0.25) is 10.0 Å². The topological polar surface area (TPSA) is 60.2 Å². The standard InChI is InChI=1S/C15H15Cl2NO2S/c16-14-5-2-11(3-6-14)9-21(19,20)10-13-4-1-12(8-18)7-15(13)17/h1-7H,8-10,18H2. The van der Waals surface area contributed by atoms with Crippen molar-refractivity contribution in [2.75, 3.05) is 0 Å². The number of nitrogens with two attached hydrogens (primary N) is 1. The number of halogens is 2. The van der Waals surface area contributed by atoms with Gasteiger partial charge in [0.1, 0.15) is 0 Å². The molecule has 0 bridgehead atoms. The fraction of sp³-hybridized carbons (Fsp3) is 0.200. The van der Waals surface area contributed by atoms with Crippen LogP contribution in [-0.2, 0) is 27.9 Å². The molecule has 0 unspecified atom stereocenters. The van der Waals surface area contributed by atoms with E-state index in [1.165, 1.54) is 0 Å². The van der Waals surface area contributed by atoms with E-state index in [0.29, 0.717) is 27.7 Å². The molecule has 0 aliphatic rings. The highest BCUT2D eigenvalue weighted by atomic mass is 35.5. The predicted molar refractivity (Wildman–Crippen MR) is 87.1 cm³/mol. The van der Waals surface area contributed by atoms with Crippen LogP contribution in [0, 0.1) is 0 Å². The highest BCUT2D eigenvalue weighted by Gasteiger charge is 2.15. The van der Waals surface area contributed by atoms with Crippen LogP contribution in [0.15, 0.2) is 42.5 Å². The third-order valence-corrected chi connectivity index (χ3v) is 5.16. The van der Waals surface area contributed by atoms with E-state index in [2.05, 4.69) is 0 Å². The molecule has 2 rings (SSSR count). The quantitative estimate of drug-likeness (QED) is 0.902. The maximum Gasteiger partial charge on any atom is 0.158 e. The second-order valence-corrected chi connectivity index (χ2v) is 7.70. The molecule has 0 spiro atoms. The zero-order chi connectivity index (χ0) is 15.5. The molecule has 0 fully saturated rings. The second-order valence-electron chi connectivity index (χ2n) is 4.79. The average Bonchev–Trinajstić information content (AvgIpc) is 2.43. The molecule has 0 aromatic heterocycles. The predicted octanol–water partition coefficient (Wildman–Crippen LogP) is 3.57. The smallest absolute Gasteiger partial charge is 0.158 e. The molecule has 0 heterocycles. The Kier molecular flexibility index (Phi) is 5.27.